The van der Waals surface area contributed by atoms with Crippen LogP contribution in [0.2, 0.25) is 0 Å². The molecule has 0 aliphatic carbocycles. The molecule has 1 saturated heterocycles. The minimum absolute atomic E-state index is 0.171. The molecule has 0 spiro atoms. The number of aromatic amines is 1. The molecule has 1 N–H and O–H groups in total. The number of carbonyl (C=O) groups is 1. The SMILES string of the molecule is Cc1cccc2[nH]c(C3CCCN(C(=O)Cc4cccnc4)C3)nc12. The Morgan fingerprint density at radius 2 is 2.24 bits per heavy atom. The fourth-order valence-corrected chi connectivity index (χ4v) is 3.60. The molecule has 128 valence electrons. The number of imidazole rings is 1. The van der Waals surface area contributed by atoms with Crippen LogP contribution in [-0.4, -0.2) is 38.8 Å². The Hall–Kier alpha value is -2.69. The summed E-state index contributed by atoms with van der Waals surface area (Å²) < 4.78 is 0. The second kappa shape index (κ2) is 6.67. The predicted octanol–water partition coefficient (Wildman–Crippen LogP) is 3.22. The highest BCUT2D eigenvalue weighted by atomic mass is 16.2. The quantitative estimate of drug-likeness (QED) is 0.800. The van der Waals surface area contributed by atoms with E-state index in [-0.39, 0.29) is 11.8 Å². The molecule has 1 unspecified atom stereocenters. The number of para-hydroxylation sites is 1. The Bertz CT molecular complexity index is 887. The van der Waals surface area contributed by atoms with Crippen LogP contribution in [0.3, 0.4) is 0 Å². The lowest BCUT2D eigenvalue weighted by molar-refractivity contribution is -0.131. The number of likely N-dealkylation sites (tertiary alicyclic amines) is 1. The van der Waals surface area contributed by atoms with Crippen LogP contribution in [0.15, 0.2) is 42.7 Å². The maximum absolute atomic E-state index is 12.6. The average Bonchev–Trinajstić information content (AvgIpc) is 3.08. The van der Waals surface area contributed by atoms with Crippen LogP contribution in [0.25, 0.3) is 11.0 Å². The van der Waals surface area contributed by atoms with Gasteiger partial charge in [0.05, 0.1) is 17.5 Å². The molecule has 1 aliphatic rings. The molecule has 0 bridgehead atoms. The first kappa shape index (κ1) is 15.8. The summed E-state index contributed by atoms with van der Waals surface area (Å²) in [5, 5.41) is 0. The molecule has 25 heavy (non-hydrogen) atoms. The monoisotopic (exact) mass is 334 g/mol. The van der Waals surface area contributed by atoms with Crippen LogP contribution in [0, 0.1) is 6.92 Å². The van der Waals surface area contributed by atoms with E-state index >= 15 is 0 Å². The molecule has 2 aromatic heterocycles. The van der Waals surface area contributed by atoms with Crippen molar-refractivity contribution in [2.45, 2.75) is 32.1 Å². The van der Waals surface area contributed by atoms with Crippen LogP contribution in [0.5, 0.6) is 0 Å². The molecule has 5 heteroatoms. The summed E-state index contributed by atoms with van der Waals surface area (Å²) in [5.41, 5.74) is 4.26. The minimum atomic E-state index is 0.171. The molecule has 0 saturated carbocycles. The van der Waals surface area contributed by atoms with Gasteiger partial charge in [-0.1, -0.05) is 18.2 Å². The first-order chi connectivity index (χ1) is 12.2. The van der Waals surface area contributed by atoms with Crippen LogP contribution in [0.4, 0.5) is 0 Å². The first-order valence-electron chi connectivity index (χ1n) is 8.82. The Morgan fingerprint density at radius 1 is 1.32 bits per heavy atom. The lowest BCUT2D eigenvalue weighted by atomic mass is 9.97. The zero-order chi connectivity index (χ0) is 17.2. The fraction of sp³-hybridized carbons (Fsp3) is 0.350. The van der Waals surface area contributed by atoms with Gasteiger partial charge < -0.3 is 9.88 Å². The van der Waals surface area contributed by atoms with Crippen LogP contribution < -0.4 is 0 Å². The van der Waals surface area contributed by atoms with Gasteiger partial charge in [-0.3, -0.25) is 9.78 Å². The van der Waals surface area contributed by atoms with E-state index in [1.54, 1.807) is 12.4 Å². The van der Waals surface area contributed by atoms with Gasteiger partial charge in [-0.05, 0) is 43.0 Å². The van der Waals surface area contributed by atoms with Crippen LogP contribution in [-0.2, 0) is 11.2 Å². The summed E-state index contributed by atoms with van der Waals surface area (Å²) in [6.45, 7) is 3.64. The van der Waals surface area contributed by atoms with E-state index in [1.165, 1.54) is 5.56 Å². The minimum Gasteiger partial charge on any atom is -0.342 e. The van der Waals surface area contributed by atoms with Crippen molar-refractivity contribution < 1.29 is 4.79 Å². The molecule has 3 heterocycles. The van der Waals surface area contributed by atoms with Crippen molar-refractivity contribution in [2.24, 2.45) is 0 Å². The molecule has 5 nitrogen and oxygen atoms in total. The van der Waals surface area contributed by atoms with E-state index in [4.69, 9.17) is 4.98 Å². The van der Waals surface area contributed by atoms with Crippen molar-refractivity contribution in [1.82, 2.24) is 19.9 Å². The van der Waals surface area contributed by atoms with Gasteiger partial charge >= 0.3 is 0 Å². The number of pyridine rings is 1. The van der Waals surface area contributed by atoms with E-state index in [9.17, 15) is 4.79 Å². The largest absolute Gasteiger partial charge is 0.342 e. The number of piperidine rings is 1. The number of nitrogens with zero attached hydrogens (tertiary/aromatic N) is 3. The van der Waals surface area contributed by atoms with E-state index in [0.29, 0.717) is 6.42 Å². The normalized spacial score (nSPS) is 17.8. The number of hydrogen-bond acceptors (Lipinski definition) is 3. The summed E-state index contributed by atoms with van der Waals surface area (Å²) >= 11 is 0. The third kappa shape index (κ3) is 3.27. The van der Waals surface area contributed by atoms with Gasteiger partial charge in [-0.2, -0.15) is 0 Å². The van der Waals surface area contributed by atoms with E-state index in [1.807, 2.05) is 23.1 Å². The predicted molar refractivity (Wildman–Crippen MR) is 97.3 cm³/mol. The highest BCUT2D eigenvalue weighted by Gasteiger charge is 2.26. The highest BCUT2D eigenvalue weighted by molar-refractivity contribution is 5.79. The molecule has 4 rings (SSSR count). The topological polar surface area (TPSA) is 61.9 Å². The zero-order valence-electron chi connectivity index (χ0n) is 14.4. The number of aryl methyl sites for hydroxylation is 1. The number of carbonyl (C=O) groups excluding carboxylic acids is 1. The molecular weight excluding hydrogens is 312 g/mol. The Morgan fingerprint density at radius 3 is 3.04 bits per heavy atom. The maximum atomic E-state index is 12.6. The Balaban J connectivity index is 1.50. The van der Waals surface area contributed by atoms with Crippen molar-refractivity contribution in [2.75, 3.05) is 13.1 Å². The van der Waals surface area contributed by atoms with Gasteiger partial charge in [0.2, 0.25) is 5.91 Å². The number of aromatic nitrogens is 3. The van der Waals surface area contributed by atoms with Gasteiger partial charge in [-0.15, -0.1) is 0 Å². The van der Waals surface area contributed by atoms with Gasteiger partial charge in [0, 0.05) is 31.4 Å². The van der Waals surface area contributed by atoms with Gasteiger partial charge in [0.25, 0.3) is 0 Å². The summed E-state index contributed by atoms with van der Waals surface area (Å²) in [7, 11) is 0. The second-order valence-electron chi connectivity index (χ2n) is 6.81. The maximum Gasteiger partial charge on any atom is 0.227 e. The Labute approximate surface area is 147 Å². The first-order valence-corrected chi connectivity index (χ1v) is 8.82. The molecule has 1 fully saturated rings. The third-order valence-electron chi connectivity index (χ3n) is 4.97. The van der Waals surface area contributed by atoms with Gasteiger partial charge in [0.15, 0.2) is 0 Å². The molecule has 3 aromatic rings. The van der Waals surface area contributed by atoms with E-state index < -0.39 is 0 Å². The molecule has 0 radical (unpaired) electrons. The number of amides is 1. The number of rotatable bonds is 3. The molecule has 1 aliphatic heterocycles. The van der Waals surface area contributed by atoms with Gasteiger partial charge in [0.1, 0.15) is 5.82 Å². The number of fused-ring (bicyclic) bond motifs is 1. The molecular formula is C20H22N4O. The fourth-order valence-electron chi connectivity index (χ4n) is 3.60. The van der Waals surface area contributed by atoms with Crippen LogP contribution in [0.1, 0.15) is 35.7 Å². The molecule has 1 amide bonds. The highest BCUT2D eigenvalue weighted by Crippen LogP contribution is 2.28. The van der Waals surface area contributed by atoms with Crippen molar-refractivity contribution in [3.05, 3.63) is 59.7 Å². The number of benzene rings is 1. The zero-order valence-corrected chi connectivity index (χ0v) is 14.4. The number of H-pyrrole nitrogens is 1. The third-order valence-corrected chi connectivity index (χ3v) is 4.97. The van der Waals surface area contributed by atoms with Crippen LogP contribution >= 0.6 is 0 Å². The lowest BCUT2D eigenvalue weighted by Gasteiger charge is -2.32. The molecule has 1 aromatic carbocycles. The summed E-state index contributed by atoms with van der Waals surface area (Å²) in [4.78, 5) is 27.0. The second-order valence-corrected chi connectivity index (χ2v) is 6.81. The van der Waals surface area contributed by atoms with Gasteiger partial charge in [-0.25, -0.2) is 4.98 Å². The summed E-state index contributed by atoms with van der Waals surface area (Å²) in [5.74, 6) is 1.45. The van der Waals surface area contributed by atoms with Crippen molar-refractivity contribution >= 4 is 16.9 Å². The molecule has 1 atom stereocenters. The average molecular weight is 334 g/mol. The summed E-state index contributed by atoms with van der Waals surface area (Å²) in [6.07, 6.45) is 5.99. The number of nitrogens with one attached hydrogen (secondary N) is 1. The standard InChI is InChI=1S/C20H22N4O/c1-14-5-2-8-17-19(14)23-20(22-17)16-7-4-10-24(13-16)18(25)11-15-6-3-9-21-12-15/h2-3,5-6,8-9,12,16H,4,7,10-11,13H2,1H3,(H,22,23). The number of hydrogen-bond donors (Lipinski definition) is 1. The van der Waals surface area contributed by atoms with Crippen molar-refractivity contribution in [3.8, 4) is 0 Å². The lowest BCUT2D eigenvalue weighted by Crippen LogP contribution is -2.40. The van der Waals surface area contributed by atoms with Crippen molar-refractivity contribution in [3.63, 3.8) is 0 Å². The Kier molecular flexibility index (Phi) is 4.22. The smallest absolute Gasteiger partial charge is 0.227 e. The summed E-state index contributed by atoms with van der Waals surface area (Å²) in [6, 6.07) is 10.0. The van der Waals surface area contributed by atoms with Crippen molar-refractivity contribution in [1.29, 1.82) is 0 Å². The van der Waals surface area contributed by atoms with E-state index in [0.717, 1.165) is 48.4 Å². The van der Waals surface area contributed by atoms with E-state index in [2.05, 4.69) is 29.0 Å².